The summed E-state index contributed by atoms with van der Waals surface area (Å²) in [5, 5.41) is 0. The highest BCUT2D eigenvalue weighted by Crippen LogP contribution is 2.24. The zero-order valence-corrected chi connectivity index (χ0v) is 13.9. The minimum atomic E-state index is -3.58. The summed E-state index contributed by atoms with van der Waals surface area (Å²) in [7, 11) is -2.11. The second-order valence-corrected chi connectivity index (χ2v) is 6.96. The molecule has 2 aromatic carbocycles. The maximum Gasteiger partial charge on any atom is 0.244 e. The summed E-state index contributed by atoms with van der Waals surface area (Å²) in [6.07, 6.45) is 0.653. The predicted octanol–water partition coefficient (Wildman–Crippen LogP) is 2.83. The second-order valence-electron chi connectivity index (χ2n) is 5.23. The molecule has 0 radical (unpaired) electrons. The van der Waals surface area contributed by atoms with Gasteiger partial charge in [0.1, 0.15) is 10.6 Å². The summed E-state index contributed by atoms with van der Waals surface area (Å²) in [6.45, 7) is 4.23. The normalized spacial score (nSPS) is 11.4. The van der Waals surface area contributed by atoms with Crippen molar-refractivity contribution in [2.24, 2.45) is 0 Å². The lowest BCUT2D eigenvalue weighted by atomic mass is 10.1. The molecule has 0 aliphatic carbocycles. The number of hydrogen-bond donors (Lipinski definition) is 1. The molecule has 4 nitrogen and oxygen atoms in total. The van der Waals surface area contributed by atoms with Gasteiger partial charge in [0, 0.05) is 6.54 Å². The van der Waals surface area contributed by atoms with Crippen LogP contribution < -0.4 is 9.46 Å². The van der Waals surface area contributed by atoms with Crippen LogP contribution in [0.5, 0.6) is 5.75 Å². The molecule has 0 unspecified atom stereocenters. The number of sulfonamides is 1. The van der Waals surface area contributed by atoms with Gasteiger partial charge in [0.2, 0.25) is 10.0 Å². The predicted molar refractivity (Wildman–Crippen MR) is 87.8 cm³/mol. The summed E-state index contributed by atoms with van der Waals surface area (Å²) < 4.78 is 32.7. The third-order valence-corrected chi connectivity index (χ3v) is 5.04. The lowest BCUT2D eigenvalue weighted by Crippen LogP contribution is -2.26. The molecule has 0 saturated heterocycles. The van der Waals surface area contributed by atoms with E-state index in [-0.39, 0.29) is 4.90 Å². The van der Waals surface area contributed by atoms with Crippen LogP contribution in [0.25, 0.3) is 0 Å². The molecule has 0 spiro atoms. The number of nitrogens with one attached hydrogen (secondary N) is 1. The first-order valence-electron chi connectivity index (χ1n) is 7.13. The van der Waals surface area contributed by atoms with E-state index in [1.165, 1.54) is 7.11 Å². The van der Waals surface area contributed by atoms with Crippen LogP contribution in [0.1, 0.15) is 16.7 Å². The number of hydrogen-bond acceptors (Lipinski definition) is 3. The number of benzene rings is 2. The molecule has 0 aliphatic heterocycles. The van der Waals surface area contributed by atoms with Gasteiger partial charge in [0.15, 0.2) is 0 Å². The van der Waals surface area contributed by atoms with E-state index in [9.17, 15) is 8.42 Å². The van der Waals surface area contributed by atoms with E-state index in [1.807, 2.05) is 44.2 Å². The minimum Gasteiger partial charge on any atom is -0.495 e. The van der Waals surface area contributed by atoms with Crippen molar-refractivity contribution in [2.75, 3.05) is 13.7 Å². The summed E-state index contributed by atoms with van der Waals surface area (Å²) in [4.78, 5) is 0.180. The molecule has 22 heavy (non-hydrogen) atoms. The fourth-order valence-corrected chi connectivity index (χ4v) is 3.57. The van der Waals surface area contributed by atoms with E-state index >= 15 is 0 Å². The van der Waals surface area contributed by atoms with Crippen molar-refractivity contribution >= 4 is 10.0 Å². The van der Waals surface area contributed by atoms with Crippen LogP contribution in [0.3, 0.4) is 0 Å². The van der Waals surface area contributed by atoms with E-state index in [4.69, 9.17) is 4.74 Å². The van der Waals surface area contributed by atoms with Crippen molar-refractivity contribution in [1.82, 2.24) is 4.72 Å². The first-order chi connectivity index (χ1) is 10.4. The van der Waals surface area contributed by atoms with Crippen molar-refractivity contribution < 1.29 is 13.2 Å². The molecule has 0 heterocycles. The van der Waals surface area contributed by atoms with Gasteiger partial charge in [-0.3, -0.25) is 0 Å². The van der Waals surface area contributed by atoms with Crippen LogP contribution in [0.4, 0.5) is 0 Å². The minimum absolute atomic E-state index is 0.180. The third kappa shape index (κ3) is 3.87. The molecule has 2 aromatic rings. The second kappa shape index (κ2) is 6.94. The molecule has 2 rings (SSSR count). The molecule has 0 fully saturated rings. The van der Waals surface area contributed by atoms with Crippen molar-refractivity contribution in [2.45, 2.75) is 25.2 Å². The lowest BCUT2D eigenvalue weighted by Gasteiger charge is -2.12. The summed E-state index contributed by atoms with van der Waals surface area (Å²) in [5.41, 5.74) is 3.18. The Bertz CT molecular complexity index is 754. The summed E-state index contributed by atoms with van der Waals surface area (Å²) >= 11 is 0. The Labute approximate surface area is 132 Å². The molecule has 5 heteroatoms. The molecule has 0 atom stereocenters. The Morgan fingerprint density at radius 2 is 1.82 bits per heavy atom. The monoisotopic (exact) mass is 319 g/mol. The van der Waals surface area contributed by atoms with Gasteiger partial charge in [0.25, 0.3) is 0 Å². The molecule has 0 aliphatic rings. The quantitative estimate of drug-likeness (QED) is 0.891. The SMILES string of the molecule is COc1ccc(C)cc1S(=O)(=O)NCCc1ccccc1C. The van der Waals surface area contributed by atoms with E-state index in [2.05, 4.69) is 4.72 Å². The van der Waals surface area contributed by atoms with Crippen molar-refractivity contribution in [3.8, 4) is 5.75 Å². The summed E-state index contributed by atoms with van der Waals surface area (Å²) in [6, 6.07) is 13.1. The Kier molecular flexibility index (Phi) is 5.21. The highest BCUT2D eigenvalue weighted by molar-refractivity contribution is 7.89. The zero-order chi connectivity index (χ0) is 16.2. The van der Waals surface area contributed by atoms with Gasteiger partial charge in [-0.25, -0.2) is 13.1 Å². The van der Waals surface area contributed by atoms with Crippen molar-refractivity contribution in [3.63, 3.8) is 0 Å². The zero-order valence-electron chi connectivity index (χ0n) is 13.1. The molecule has 0 saturated carbocycles. The Hall–Kier alpha value is -1.85. The molecule has 0 amide bonds. The van der Waals surface area contributed by atoms with Crippen molar-refractivity contribution in [1.29, 1.82) is 0 Å². The van der Waals surface area contributed by atoms with Crippen LogP contribution in [0, 0.1) is 13.8 Å². The molecule has 0 aromatic heterocycles. The Morgan fingerprint density at radius 3 is 2.50 bits per heavy atom. The fourth-order valence-electron chi connectivity index (χ4n) is 2.28. The average Bonchev–Trinajstić information content (AvgIpc) is 2.49. The van der Waals surface area contributed by atoms with Crippen LogP contribution in [-0.2, 0) is 16.4 Å². The highest BCUT2D eigenvalue weighted by atomic mass is 32.2. The average molecular weight is 319 g/mol. The van der Waals surface area contributed by atoms with Crippen LogP contribution in [-0.4, -0.2) is 22.1 Å². The van der Waals surface area contributed by atoms with Gasteiger partial charge in [0.05, 0.1) is 7.11 Å². The van der Waals surface area contributed by atoms with Crippen LogP contribution >= 0.6 is 0 Å². The van der Waals surface area contributed by atoms with E-state index < -0.39 is 10.0 Å². The van der Waals surface area contributed by atoms with Crippen molar-refractivity contribution in [3.05, 3.63) is 59.2 Å². The third-order valence-electron chi connectivity index (χ3n) is 3.56. The van der Waals surface area contributed by atoms with E-state index in [0.29, 0.717) is 18.7 Å². The molecule has 0 bridgehead atoms. The maximum absolute atomic E-state index is 12.4. The highest BCUT2D eigenvalue weighted by Gasteiger charge is 2.19. The fraction of sp³-hybridized carbons (Fsp3) is 0.294. The van der Waals surface area contributed by atoms with E-state index in [1.54, 1.807) is 12.1 Å². The number of aryl methyl sites for hydroxylation is 2. The molecular weight excluding hydrogens is 298 g/mol. The van der Waals surface area contributed by atoms with Gasteiger partial charge in [-0.15, -0.1) is 0 Å². The molecule has 1 N–H and O–H groups in total. The van der Waals surface area contributed by atoms with Gasteiger partial charge >= 0.3 is 0 Å². The van der Waals surface area contributed by atoms with Gasteiger partial charge in [-0.05, 0) is 49.1 Å². The molecular formula is C17H21NO3S. The summed E-state index contributed by atoms with van der Waals surface area (Å²) in [5.74, 6) is 0.356. The Morgan fingerprint density at radius 1 is 1.09 bits per heavy atom. The largest absolute Gasteiger partial charge is 0.495 e. The van der Waals surface area contributed by atoms with Gasteiger partial charge in [-0.2, -0.15) is 0 Å². The number of methoxy groups -OCH3 is 1. The smallest absolute Gasteiger partial charge is 0.244 e. The number of rotatable bonds is 6. The first kappa shape index (κ1) is 16.5. The van der Waals surface area contributed by atoms with Crippen LogP contribution in [0.2, 0.25) is 0 Å². The van der Waals surface area contributed by atoms with Gasteiger partial charge in [-0.1, -0.05) is 30.3 Å². The van der Waals surface area contributed by atoms with Gasteiger partial charge < -0.3 is 4.74 Å². The maximum atomic E-state index is 12.4. The number of ether oxygens (including phenoxy) is 1. The topological polar surface area (TPSA) is 55.4 Å². The lowest BCUT2D eigenvalue weighted by molar-refractivity contribution is 0.402. The van der Waals surface area contributed by atoms with Crippen LogP contribution in [0.15, 0.2) is 47.4 Å². The first-order valence-corrected chi connectivity index (χ1v) is 8.61. The molecule has 118 valence electrons. The Balaban J connectivity index is 2.12. The standard InChI is InChI=1S/C17H21NO3S/c1-13-8-9-16(21-3)17(12-13)22(19,20)18-11-10-15-7-5-4-6-14(15)2/h4-9,12,18H,10-11H2,1-3H3. The van der Waals surface area contributed by atoms with E-state index in [0.717, 1.165) is 16.7 Å².